The molecule has 0 unspecified atom stereocenters. The topological polar surface area (TPSA) is 72.1 Å². The van der Waals surface area contributed by atoms with Gasteiger partial charge in [-0.25, -0.2) is 9.98 Å². The summed E-state index contributed by atoms with van der Waals surface area (Å²) in [5, 5.41) is 10.4. The maximum atomic E-state index is 12.9. The zero-order valence-electron chi connectivity index (χ0n) is 15.6. The summed E-state index contributed by atoms with van der Waals surface area (Å²) in [4.78, 5) is 8.56. The third-order valence-electron chi connectivity index (χ3n) is 4.13. The molecule has 1 aromatic carbocycles. The van der Waals surface area contributed by atoms with Gasteiger partial charge in [0.05, 0.1) is 19.6 Å². The van der Waals surface area contributed by atoms with Crippen LogP contribution in [0.1, 0.15) is 30.4 Å². The number of nitrogens with zero attached hydrogens (tertiary/aromatic N) is 5. The first-order valence-electron chi connectivity index (χ1n) is 9.03. The summed E-state index contributed by atoms with van der Waals surface area (Å²) in [6.07, 6.45) is 6.28. The number of alkyl halides is 2. The van der Waals surface area contributed by atoms with Gasteiger partial charge in [-0.3, -0.25) is 9.25 Å². The summed E-state index contributed by atoms with van der Waals surface area (Å²) < 4.78 is 28.6. The van der Waals surface area contributed by atoms with Crippen molar-refractivity contribution in [3.8, 4) is 0 Å². The maximum Gasteiger partial charge on any atom is 0.319 e. The van der Waals surface area contributed by atoms with Crippen molar-refractivity contribution in [1.82, 2.24) is 30.0 Å². The first kappa shape index (κ1) is 19.5. The standard InChI is InChI=1S/C19H23F2N7/c1-2-22-19(25-13-17-23-9-11-28(17)18(20)21)24-12-15-6-3-4-7-16(15)14-27-10-5-8-26-27/h3-11,18H,2,12-14H2,1H3,(H2,22,24,25). The third kappa shape index (κ3) is 5.15. The van der Waals surface area contributed by atoms with Gasteiger partial charge in [-0.2, -0.15) is 13.9 Å². The molecule has 3 rings (SSSR count). The lowest BCUT2D eigenvalue weighted by atomic mass is 10.1. The van der Waals surface area contributed by atoms with E-state index >= 15 is 0 Å². The molecule has 0 bridgehead atoms. The van der Waals surface area contributed by atoms with Crippen LogP contribution < -0.4 is 10.6 Å². The molecule has 28 heavy (non-hydrogen) atoms. The van der Waals surface area contributed by atoms with E-state index in [-0.39, 0.29) is 12.4 Å². The van der Waals surface area contributed by atoms with Crippen molar-refractivity contribution in [1.29, 1.82) is 0 Å². The predicted octanol–water partition coefficient (Wildman–Crippen LogP) is 2.78. The van der Waals surface area contributed by atoms with E-state index in [1.165, 1.54) is 12.4 Å². The van der Waals surface area contributed by atoms with Crippen molar-refractivity contribution >= 4 is 5.96 Å². The molecule has 2 heterocycles. The van der Waals surface area contributed by atoms with E-state index in [9.17, 15) is 8.78 Å². The highest BCUT2D eigenvalue weighted by atomic mass is 19.3. The molecule has 0 aliphatic rings. The van der Waals surface area contributed by atoms with E-state index < -0.39 is 6.55 Å². The van der Waals surface area contributed by atoms with Crippen LogP contribution in [0.4, 0.5) is 8.78 Å². The van der Waals surface area contributed by atoms with Gasteiger partial charge in [0.15, 0.2) is 5.96 Å². The Balaban J connectivity index is 1.68. The number of aliphatic imine (C=N–C) groups is 1. The number of halogens is 2. The molecule has 0 atom stereocenters. The second-order valence-corrected chi connectivity index (χ2v) is 6.05. The second kappa shape index (κ2) is 9.63. The van der Waals surface area contributed by atoms with Crippen LogP contribution in [0.15, 0.2) is 60.1 Å². The molecule has 0 aliphatic heterocycles. The number of aromatic nitrogens is 4. The van der Waals surface area contributed by atoms with Gasteiger partial charge in [0.1, 0.15) is 5.82 Å². The maximum absolute atomic E-state index is 12.9. The molecule has 0 saturated heterocycles. The lowest BCUT2D eigenvalue weighted by molar-refractivity contribution is 0.0668. The van der Waals surface area contributed by atoms with Crippen molar-refractivity contribution < 1.29 is 8.78 Å². The molecule has 3 aromatic rings. The normalized spacial score (nSPS) is 11.8. The highest BCUT2D eigenvalue weighted by Gasteiger charge is 2.11. The fourth-order valence-electron chi connectivity index (χ4n) is 2.76. The zero-order valence-corrected chi connectivity index (χ0v) is 15.6. The number of imidazole rings is 1. The molecule has 7 nitrogen and oxygen atoms in total. The number of nitrogens with one attached hydrogen (secondary N) is 2. The smallest absolute Gasteiger partial charge is 0.319 e. The Kier molecular flexibility index (Phi) is 6.72. The Morgan fingerprint density at radius 2 is 1.93 bits per heavy atom. The largest absolute Gasteiger partial charge is 0.357 e. The lowest BCUT2D eigenvalue weighted by Crippen LogP contribution is -2.37. The molecule has 148 valence electrons. The van der Waals surface area contributed by atoms with Gasteiger partial charge < -0.3 is 10.6 Å². The van der Waals surface area contributed by atoms with Crippen LogP contribution in [-0.2, 0) is 19.6 Å². The summed E-state index contributed by atoms with van der Waals surface area (Å²) in [5.41, 5.74) is 2.20. The number of hydrogen-bond donors (Lipinski definition) is 2. The summed E-state index contributed by atoms with van der Waals surface area (Å²) in [6.45, 7) is 1.25. The van der Waals surface area contributed by atoms with Gasteiger partial charge in [-0.05, 0) is 24.1 Å². The first-order valence-corrected chi connectivity index (χ1v) is 9.03. The molecule has 0 amide bonds. The lowest BCUT2D eigenvalue weighted by Gasteiger charge is -2.13. The van der Waals surface area contributed by atoms with Gasteiger partial charge in [0, 0.05) is 31.3 Å². The third-order valence-corrected chi connectivity index (χ3v) is 4.13. The zero-order chi connectivity index (χ0) is 19.8. The highest BCUT2D eigenvalue weighted by Crippen LogP contribution is 2.13. The number of guanidine groups is 1. The molecule has 0 saturated carbocycles. The van der Waals surface area contributed by atoms with Crippen LogP contribution in [0.2, 0.25) is 0 Å². The van der Waals surface area contributed by atoms with E-state index in [1.54, 1.807) is 6.20 Å². The number of rotatable bonds is 8. The van der Waals surface area contributed by atoms with Crippen LogP contribution in [0.3, 0.4) is 0 Å². The Hall–Kier alpha value is -3.23. The molecule has 0 spiro atoms. The molecule has 2 N–H and O–H groups in total. The first-order chi connectivity index (χ1) is 13.7. The average molecular weight is 387 g/mol. The van der Waals surface area contributed by atoms with Crippen LogP contribution >= 0.6 is 0 Å². The van der Waals surface area contributed by atoms with Crippen LogP contribution in [0.5, 0.6) is 0 Å². The molecular formula is C19H23F2N7. The molecule has 2 aromatic heterocycles. The van der Waals surface area contributed by atoms with Crippen molar-refractivity contribution in [2.45, 2.75) is 33.1 Å². The van der Waals surface area contributed by atoms with E-state index in [0.717, 1.165) is 15.7 Å². The van der Waals surface area contributed by atoms with Crippen LogP contribution in [0.25, 0.3) is 0 Å². The number of benzene rings is 1. The van der Waals surface area contributed by atoms with Gasteiger partial charge in [0.2, 0.25) is 0 Å². The summed E-state index contributed by atoms with van der Waals surface area (Å²) in [5.74, 6) is 0.792. The van der Waals surface area contributed by atoms with Crippen molar-refractivity contribution in [2.75, 3.05) is 6.54 Å². The van der Waals surface area contributed by atoms with Crippen LogP contribution in [0, 0.1) is 0 Å². The van der Waals surface area contributed by atoms with Gasteiger partial charge >= 0.3 is 6.55 Å². The van der Waals surface area contributed by atoms with E-state index in [2.05, 4.69) is 25.7 Å². The summed E-state index contributed by atoms with van der Waals surface area (Å²) >= 11 is 0. The summed E-state index contributed by atoms with van der Waals surface area (Å²) in [6, 6.07) is 9.91. The molecule has 9 heteroatoms. The predicted molar refractivity (Wildman–Crippen MR) is 103 cm³/mol. The van der Waals surface area contributed by atoms with Crippen molar-refractivity contribution in [2.24, 2.45) is 4.99 Å². The molecule has 0 radical (unpaired) electrons. The van der Waals surface area contributed by atoms with E-state index in [4.69, 9.17) is 0 Å². The fraction of sp³-hybridized carbons (Fsp3) is 0.316. The average Bonchev–Trinajstić information content (AvgIpc) is 3.37. The van der Waals surface area contributed by atoms with E-state index in [1.807, 2.05) is 48.1 Å². The van der Waals surface area contributed by atoms with Crippen LogP contribution in [-0.4, -0.2) is 31.8 Å². The Labute approximate surface area is 162 Å². The summed E-state index contributed by atoms with van der Waals surface area (Å²) in [7, 11) is 0. The Bertz CT molecular complexity index is 887. The minimum atomic E-state index is -2.62. The Morgan fingerprint density at radius 3 is 2.64 bits per heavy atom. The molecular weight excluding hydrogens is 364 g/mol. The van der Waals surface area contributed by atoms with E-state index in [0.29, 0.717) is 25.6 Å². The van der Waals surface area contributed by atoms with Gasteiger partial charge in [0.25, 0.3) is 0 Å². The fourth-order valence-corrected chi connectivity index (χ4v) is 2.76. The minimum absolute atomic E-state index is 0.151. The van der Waals surface area contributed by atoms with Crippen molar-refractivity contribution in [3.63, 3.8) is 0 Å². The number of hydrogen-bond acceptors (Lipinski definition) is 3. The van der Waals surface area contributed by atoms with Gasteiger partial charge in [-0.15, -0.1) is 0 Å². The molecule has 0 fully saturated rings. The van der Waals surface area contributed by atoms with Gasteiger partial charge in [-0.1, -0.05) is 24.3 Å². The highest BCUT2D eigenvalue weighted by molar-refractivity contribution is 5.79. The Morgan fingerprint density at radius 1 is 1.11 bits per heavy atom. The minimum Gasteiger partial charge on any atom is -0.357 e. The quantitative estimate of drug-likeness (QED) is 0.461. The monoisotopic (exact) mass is 387 g/mol. The molecule has 0 aliphatic carbocycles. The SMILES string of the molecule is CCNC(=NCc1ccccc1Cn1cccn1)NCc1nccn1C(F)F. The second-order valence-electron chi connectivity index (χ2n) is 6.05. The van der Waals surface area contributed by atoms with Crippen molar-refractivity contribution in [3.05, 3.63) is 72.1 Å².